The number of benzene rings is 1. The minimum Gasteiger partial charge on any atom is -0.274 e. The first-order chi connectivity index (χ1) is 10.1. The van der Waals surface area contributed by atoms with Crippen LogP contribution in [0.5, 0.6) is 0 Å². The lowest BCUT2D eigenvalue weighted by Gasteiger charge is -2.38. The van der Waals surface area contributed by atoms with E-state index in [1.807, 2.05) is 32.0 Å². The highest BCUT2D eigenvalue weighted by atomic mass is 16.2. The molecule has 2 amide bonds. The van der Waals surface area contributed by atoms with Gasteiger partial charge in [0.25, 0.3) is 0 Å². The Kier molecular flexibility index (Phi) is 2.62. The highest BCUT2D eigenvalue weighted by Crippen LogP contribution is 2.50. The van der Waals surface area contributed by atoms with Crippen LogP contribution >= 0.6 is 0 Å². The van der Waals surface area contributed by atoms with Crippen molar-refractivity contribution in [3.8, 4) is 0 Å². The molecule has 3 heteroatoms. The molecular weight excluding hydrogens is 262 g/mol. The second kappa shape index (κ2) is 4.30. The predicted molar refractivity (Wildman–Crippen MR) is 80.7 cm³/mol. The summed E-state index contributed by atoms with van der Waals surface area (Å²) in [4.78, 5) is 27.2. The van der Waals surface area contributed by atoms with Crippen LogP contribution in [0.2, 0.25) is 0 Å². The highest BCUT2D eigenvalue weighted by Gasteiger charge is 2.56. The summed E-state index contributed by atoms with van der Waals surface area (Å²) >= 11 is 0. The van der Waals surface area contributed by atoms with E-state index < -0.39 is 0 Å². The largest absolute Gasteiger partial charge is 0.274 e. The molecule has 2 bridgehead atoms. The Balaban J connectivity index is 1.78. The van der Waals surface area contributed by atoms with Gasteiger partial charge in [-0.05, 0) is 50.2 Å². The molecule has 1 aromatic rings. The van der Waals surface area contributed by atoms with Crippen molar-refractivity contribution in [3.05, 3.63) is 41.5 Å². The minimum atomic E-state index is -0.123. The van der Waals surface area contributed by atoms with Crippen molar-refractivity contribution in [2.24, 2.45) is 23.7 Å². The Morgan fingerprint density at radius 1 is 0.952 bits per heavy atom. The summed E-state index contributed by atoms with van der Waals surface area (Å²) in [5, 5.41) is 0. The molecule has 1 aliphatic heterocycles. The summed E-state index contributed by atoms with van der Waals surface area (Å²) in [7, 11) is 0. The van der Waals surface area contributed by atoms with Gasteiger partial charge in [-0.3, -0.25) is 9.59 Å². The molecule has 1 heterocycles. The SMILES string of the molecule is Cc1ccc(N2C(=O)[C@@H]3[C@H](C2=O)[C@H]2C=C[C@H]3CC2)c(C)c1. The van der Waals surface area contributed by atoms with Crippen LogP contribution in [0.15, 0.2) is 30.4 Å². The molecule has 4 aliphatic rings. The summed E-state index contributed by atoms with van der Waals surface area (Å²) < 4.78 is 0. The fourth-order valence-electron chi connectivity index (χ4n) is 4.37. The van der Waals surface area contributed by atoms with Gasteiger partial charge in [-0.2, -0.15) is 0 Å². The van der Waals surface area contributed by atoms with Gasteiger partial charge in [0.2, 0.25) is 11.8 Å². The molecule has 0 aromatic heterocycles. The molecule has 2 fully saturated rings. The van der Waals surface area contributed by atoms with Crippen LogP contribution in [0, 0.1) is 37.5 Å². The highest BCUT2D eigenvalue weighted by molar-refractivity contribution is 6.22. The van der Waals surface area contributed by atoms with Gasteiger partial charge in [0.05, 0.1) is 17.5 Å². The molecule has 1 saturated carbocycles. The van der Waals surface area contributed by atoms with E-state index in [4.69, 9.17) is 0 Å². The molecular formula is C18H19NO2. The fraction of sp³-hybridized carbons (Fsp3) is 0.444. The average molecular weight is 281 g/mol. The van der Waals surface area contributed by atoms with Crippen molar-refractivity contribution in [2.75, 3.05) is 4.90 Å². The summed E-state index contributed by atoms with van der Waals surface area (Å²) in [6, 6.07) is 5.91. The maximum Gasteiger partial charge on any atom is 0.238 e. The van der Waals surface area contributed by atoms with Crippen LogP contribution < -0.4 is 4.90 Å². The first kappa shape index (κ1) is 12.8. The number of carbonyl (C=O) groups excluding carboxylic acids is 2. The number of imide groups is 1. The van der Waals surface area contributed by atoms with E-state index in [1.165, 1.54) is 4.90 Å². The lowest BCUT2D eigenvalue weighted by molar-refractivity contribution is -0.124. The monoisotopic (exact) mass is 281 g/mol. The number of amides is 2. The molecule has 0 unspecified atom stereocenters. The van der Waals surface area contributed by atoms with Crippen LogP contribution in [-0.4, -0.2) is 11.8 Å². The van der Waals surface area contributed by atoms with Gasteiger partial charge in [-0.1, -0.05) is 29.8 Å². The smallest absolute Gasteiger partial charge is 0.238 e. The Bertz CT molecular complexity index is 644. The Labute approximate surface area is 124 Å². The number of hydrogen-bond donors (Lipinski definition) is 0. The van der Waals surface area contributed by atoms with E-state index in [0.717, 1.165) is 29.7 Å². The summed E-state index contributed by atoms with van der Waals surface area (Å²) in [6.45, 7) is 3.99. The standard InChI is InChI=1S/C18H19NO2/c1-10-3-8-14(11(2)9-10)19-17(20)15-12-4-5-13(7-6-12)16(15)18(19)21/h3-5,8-9,12-13,15-16H,6-7H2,1-2H3/t12-,13-,15-,16+/m0/s1. The molecule has 1 saturated heterocycles. The van der Waals surface area contributed by atoms with Crippen LogP contribution in [0.4, 0.5) is 5.69 Å². The molecule has 4 atom stereocenters. The number of nitrogens with zero attached hydrogens (tertiary/aromatic N) is 1. The van der Waals surface area contributed by atoms with Crippen molar-refractivity contribution in [1.29, 1.82) is 0 Å². The lowest BCUT2D eigenvalue weighted by Crippen LogP contribution is -2.38. The summed E-state index contributed by atoms with van der Waals surface area (Å²) in [6.07, 6.45) is 6.40. The van der Waals surface area contributed by atoms with Gasteiger partial charge < -0.3 is 0 Å². The molecule has 3 aliphatic carbocycles. The Morgan fingerprint density at radius 2 is 1.52 bits per heavy atom. The van der Waals surface area contributed by atoms with E-state index in [9.17, 15) is 9.59 Å². The quantitative estimate of drug-likeness (QED) is 0.586. The van der Waals surface area contributed by atoms with Crippen LogP contribution in [0.3, 0.4) is 0 Å². The normalized spacial score (nSPS) is 33.7. The zero-order valence-corrected chi connectivity index (χ0v) is 12.4. The van der Waals surface area contributed by atoms with Crippen LogP contribution in [-0.2, 0) is 9.59 Å². The molecule has 3 nitrogen and oxygen atoms in total. The van der Waals surface area contributed by atoms with E-state index in [0.29, 0.717) is 0 Å². The van der Waals surface area contributed by atoms with Gasteiger partial charge in [0, 0.05) is 0 Å². The molecule has 21 heavy (non-hydrogen) atoms. The van der Waals surface area contributed by atoms with E-state index >= 15 is 0 Å². The first-order valence-corrected chi connectivity index (χ1v) is 7.71. The second-order valence-electron chi connectivity index (χ2n) is 6.64. The third-order valence-electron chi connectivity index (χ3n) is 5.35. The van der Waals surface area contributed by atoms with Gasteiger partial charge in [-0.15, -0.1) is 0 Å². The van der Waals surface area contributed by atoms with E-state index in [2.05, 4.69) is 12.2 Å². The van der Waals surface area contributed by atoms with Gasteiger partial charge in [0.1, 0.15) is 0 Å². The number of carbonyl (C=O) groups is 2. The minimum absolute atomic E-state index is 0.0102. The zero-order valence-electron chi connectivity index (χ0n) is 12.4. The number of anilines is 1. The van der Waals surface area contributed by atoms with E-state index in [1.54, 1.807) is 0 Å². The second-order valence-corrected chi connectivity index (χ2v) is 6.64. The third kappa shape index (κ3) is 1.66. The predicted octanol–water partition coefficient (Wildman–Crippen LogP) is 3.01. The fourth-order valence-corrected chi connectivity index (χ4v) is 4.37. The summed E-state index contributed by atoms with van der Waals surface area (Å²) in [5.41, 5.74) is 2.91. The van der Waals surface area contributed by atoms with Gasteiger partial charge in [-0.25, -0.2) is 4.90 Å². The maximum atomic E-state index is 12.8. The summed E-state index contributed by atoms with van der Waals surface area (Å²) in [5.74, 6) is 0.287. The van der Waals surface area contributed by atoms with Crippen LogP contribution in [0.1, 0.15) is 24.0 Å². The number of aryl methyl sites for hydroxylation is 2. The van der Waals surface area contributed by atoms with Gasteiger partial charge >= 0.3 is 0 Å². The van der Waals surface area contributed by atoms with Crippen LogP contribution in [0.25, 0.3) is 0 Å². The average Bonchev–Trinajstić information content (AvgIpc) is 2.75. The zero-order chi connectivity index (χ0) is 14.7. The molecule has 0 radical (unpaired) electrons. The molecule has 0 spiro atoms. The van der Waals surface area contributed by atoms with Gasteiger partial charge in [0.15, 0.2) is 0 Å². The third-order valence-corrected chi connectivity index (χ3v) is 5.35. The van der Waals surface area contributed by atoms with E-state index in [-0.39, 0.29) is 35.5 Å². The maximum absolute atomic E-state index is 12.8. The van der Waals surface area contributed by atoms with Crippen molar-refractivity contribution >= 4 is 17.5 Å². The Morgan fingerprint density at radius 3 is 2.00 bits per heavy atom. The van der Waals surface area contributed by atoms with Crippen molar-refractivity contribution in [2.45, 2.75) is 26.7 Å². The van der Waals surface area contributed by atoms with Crippen molar-refractivity contribution in [1.82, 2.24) is 0 Å². The molecule has 0 N–H and O–H groups in total. The first-order valence-electron chi connectivity index (χ1n) is 7.71. The lowest BCUT2D eigenvalue weighted by atomic mass is 9.63. The Hall–Kier alpha value is -1.90. The number of fused-ring (bicyclic) bond motifs is 1. The molecule has 1 aromatic carbocycles. The number of rotatable bonds is 1. The topological polar surface area (TPSA) is 37.4 Å². The molecule has 108 valence electrons. The molecule has 5 rings (SSSR count). The number of allylic oxidation sites excluding steroid dienone is 2. The number of hydrogen-bond acceptors (Lipinski definition) is 2. The van der Waals surface area contributed by atoms with Crippen molar-refractivity contribution in [3.63, 3.8) is 0 Å². The van der Waals surface area contributed by atoms with Crippen molar-refractivity contribution < 1.29 is 9.59 Å².